The second-order valence-corrected chi connectivity index (χ2v) is 6.82. The lowest BCUT2D eigenvalue weighted by Gasteiger charge is -2.16. The second-order valence-electron chi connectivity index (χ2n) is 6.41. The van der Waals surface area contributed by atoms with E-state index in [9.17, 15) is 14.0 Å². The molecule has 1 saturated heterocycles. The number of hydrogen-bond donors (Lipinski definition) is 1. The number of nitriles is 1. The van der Waals surface area contributed by atoms with Gasteiger partial charge in [0, 0.05) is 25.2 Å². The lowest BCUT2D eigenvalue weighted by atomic mass is 10.1. The van der Waals surface area contributed by atoms with Gasteiger partial charge in [-0.2, -0.15) is 5.26 Å². The SMILES string of the molecule is N#Cc1ccc(NC(=O)C2CC(=O)N(CCc3ccc(F)cc3)C2)cc1Cl. The van der Waals surface area contributed by atoms with E-state index < -0.39 is 5.92 Å². The van der Waals surface area contributed by atoms with Gasteiger partial charge in [0.2, 0.25) is 11.8 Å². The van der Waals surface area contributed by atoms with Crippen LogP contribution in [0.25, 0.3) is 0 Å². The van der Waals surface area contributed by atoms with E-state index in [0.29, 0.717) is 30.8 Å². The quantitative estimate of drug-likeness (QED) is 0.857. The number of nitrogens with one attached hydrogen (secondary N) is 1. The highest BCUT2D eigenvalue weighted by Gasteiger charge is 2.34. The van der Waals surface area contributed by atoms with Crippen molar-refractivity contribution in [2.24, 2.45) is 5.92 Å². The average molecular weight is 386 g/mol. The Balaban J connectivity index is 1.56. The van der Waals surface area contributed by atoms with Crippen LogP contribution in [0.3, 0.4) is 0 Å². The third kappa shape index (κ3) is 4.63. The van der Waals surface area contributed by atoms with Crippen molar-refractivity contribution in [2.45, 2.75) is 12.8 Å². The molecule has 0 bridgehead atoms. The number of anilines is 1. The van der Waals surface area contributed by atoms with Crippen LogP contribution in [0.15, 0.2) is 42.5 Å². The molecule has 27 heavy (non-hydrogen) atoms. The third-order valence-electron chi connectivity index (χ3n) is 4.53. The standard InChI is InChI=1S/C20H17ClFN3O2/c21-18-10-17(6-3-14(18)11-23)24-20(27)15-9-19(26)25(12-15)8-7-13-1-4-16(22)5-2-13/h1-6,10,15H,7-9,12H2,(H,24,27). The van der Waals surface area contributed by atoms with E-state index in [4.69, 9.17) is 16.9 Å². The zero-order chi connectivity index (χ0) is 19.4. The minimum Gasteiger partial charge on any atom is -0.342 e. The molecule has 0 saturated carbocycles. The van der Waals surface area contributed by atoms with Gasteiger partial charge < -0.3 is 10.2 Å². The highest BCUT2D eigenvalue weighted by Crippen LogP contribution is 2.23. The Morgan fingerprint density at radius 2 is 2.04 bits per heavy atom. The van der Waals surface area contributed by atoms with Gasteiger partial charge in [0.05, 0.1) is 16.5 Å². The first-order chi connectivity index (χ1) is 13.0. The predicted octanol–water partition coefficient (Wildman–Crippen LogP) is 3.38. The smallest absolute Gasteiger partial charge is 0.229 e. The second kappa shape index (κ2) is 8.19. The summed E-state index contributed by atoms with van der Waals surface area (Å²) in [7, 11) is 0. The molecule has 1 fully saturated rings. The first-order valence-corrected chi connectivity index (χ1v) is 8.87. The third-order valence-corrected chi connectivity index (χ3v) is 4.84. The number of rotatable bonds is 5. The Morgan fingerprint density at radius 1 is 1.30 bits per heavy atom. The highest BCUT2D eigenvalue weighted by molar-refractivity contribution is 6.32. The summed E-state index contributed by atoms with van der Waals surface area (Å²) in [6, 6.07) is 12.8. The van der Waals surface area contributed by atoms with E-state index in [2.05, 4.69) is 5.32 Å². The highest BCUT2D eigenvalue weighted by atomic mass is 35.5. The molecule has 3 rings (SSSR count). The van der Waals surface area contributed by atoms with Gasteiger partial charge >= 0.3 is 0 Å². The van der Waals surface area contributed by atoms with Crippen LogP contribution in [0.5, 0.6) is 0 Å². The van der Waals surface area contributed by atoms with Crippen LogP contribution >= 0.6 is 11.6 Å². The monoisotopic (exact) mass is 385 g/mol. The van der Waals surface area contributed by atoms with Crippen LogP contribution in [0.4, 0.5) is 10.1 Å². The van der Waals surface area contributed by atoms with Gasteiger partial charge in [0.15, 0.2) is 0 Å². The zero-order valence-corrected chi connectivity index (χ0v) is 15.2. The van der Waals surface area contributed by atoms with Gasteiger partial charge in [-0.25, -0.2) is 4.39 Å². The van der Waals surface area contributed by atoms with Gasteiger partial charge in [-0.1, -0.05) is 23.7 Å². The molecule has 2 aromatic carbocycles. The Morgan fingerprint density at radius 3 is 2.70 bits per heavy atom. The van der Waals surface area contributed by atoms with Crippen molar-refractivity contribution in [2.75, 3.05) is 18.4 Å². The molecule has 1 atom stereocenters. The van der Waals surface area contributed by atoms with Crippen molar-refractivity contribution in [3.8, 4) is 6.07 Å². The number of amides is 2. The average Bonchev–Trinajstić information content (AvgIpc) is 3.02. The van der Waals surface area contributed by atoms with E-state index in [-0.39, 0.29) is 29.1 Å². The molecule has 7 heteroatoms. The van der Waals surface area contributed by atoms with Crippen LogP contribution < -0.4 is 5.32 Å². The topological polar surface area (TPSA) is 73.2 Å². The molecule has 0 aliphatic carbocycles. The van der Waals surface area contributed by atoms with E-state index in [1.54, 1.807) is 23.1 Å². The summed E-state index contributed by atoms with van der Waals surface area (Å²) in [5.41, 5.74) is 1.75. The molecule has 1 aliphatic heterocycles. The molecule has 1 aliphatic rings. The van der Waals surface area contributed by atoms with Gasteiger partial charge in [-0.3, -0.25) is 9.59 Å². The number of hydrogen-bond acceptors (Lipinski definition) is 3. The molecule has 138 valence electrons. The maximum absolute atomic E-state index is 12.9. The largest absolute Gasteiger partial charge is 0.342 e. The van der Waals surface area contributed by atoms with Gasteiger partial charge in [0.25, 0.3) is 0 Å². The lowest BCUT2D eigenvalue weighted by molar-refractivity contribution is -0.128. The first-order valence-electron chi connectivity index (χ1n) is 8.49. The number of carbonyl (C=O) groups is 2. The Hall–Kier alpha value is -2.91. The molecule has 1 unspecified atom stereocenters. The molecule has 2 amide bonds. The molecule has 1 N–H and O–H groups in total. The van der Waals surface area contributed by atoms with E-state index >= 15 is 0 Å². The molecule has 0 spiro atoms. The number of nitrogens with zero attached hydrogens (tertiary/aromatic N) is 2. The summed E-state index contributed by atoms with van der Waals surface area (Å²) in [5, 5.41) is 11.9. The summed E-state index contributed by atoms with van der Waals surface area (Å²) in [6.07, 6.45) is 0.755. The van der Waals surface area contributed by atoms with E-state index in [0.717, 1.165) is 5.56 Å². The minimum absolute atomic E-state index is 0.0740. The van der Waals surface area contributed by atoms with Crippen LogP contribution in [-0.4, -0.2) is 29.8 Å². The summed E-state index contributed by atoms with van der Waals surface area (Å²) < 4.78 is 12.9. The van der Waals surface area contributed by atoms with Gasteiger partial charge in [-0.05, 0) is 42.3 Å². The predicted molar refractivity (Wildman–Crippen MR) is 99.6 cm³/mol. The number of benzene rings is 2. The normalized spacial score (nSPS) is 16.3. The molecule has 5 nitrogen and oxygen atoms in total. The van der Waals surface area contributed by atoms with Crippen molar-refractivity contribution in [3.63, 3.8) is 0 Å². The van der Waals surface area contributed by atoms with Crippen molar-refractivity contribution < 1.29 is 14.0 Å². The summed E-state index contributed by atoms with van der Waals surface area (Å²) in [4.78, 5) is 26.3. The molecule has 2 aromatic rings. The van der Waals surface area contributed by atoms with Crippen LogP contribution in [-0.2, 0) is 16.0 Å². The fourth-order valence-electron chi connectivity index (χ4n) is 3.01. The zero-order valence-electron chi connectivity index (χ0n) is 14.4. The Labute approximate surface area is 161 Å². The minimum atomic E-state index is -0.444. The van der Waals surface area contributed by atoms with Gasteiger partial charge in [-0.15, -0.1) is 0 Å². The van der Waals surface area contributed by atoms with E-state index in [1.807, 2.05) is 6.07 Å². The number of carbonyl (C=O) groups excluding carboxylic acids is 2. The maximum Gasteiger partial charge on any atom is 0.229 e. The fraction of sp³-hybridized carbons (Fsp3) is 0.250. The van der Waals surface area contributed by atoms with Crippen molar-refractivity contribution in [3.05, 3.63) is 64.4 Å². The molecular weight excluding hydrogens is 369 g/mol. The summed E-state index contributed by atoms with van der Waals surface area (Å²) in [6.45, 7) is 0.826. The first kappa shape index (κ1) is 18.9. The Bertz CT molecular complexity index is 908. The Kier molecular flexibility index (Phi) is 5.72. The van der Waals surface area contributed by atoms with Crippen LogP contribution in [0.2, 0.25) is 5.02 Å². The van der Waals surface area contributed by atoms with Crippen molar-refractivity contribution in [1.82, 2.24) is 4.90 Å². The number of likely N-dealkylation sites (tertiary alicyclic amines) is 1. The number of halogens is 2. The van der Waals surface area contributed by atoms with Crippen LogP contribution in [0, 0.1) is 23.1 Å². The molecule has 0 radical (unpaired) electrons. The maximum atomic E-state index is 12.9. The van der Waals surface area contributed by atoms with Crippen molar-refractivity contribution in [1.29, 1.82) is 5.26 Å². The van der Waals surface area contributed by atoms with E-state index in [1.165, 1.54) is 24.3 Å². The molecule has 1 heterocycles. The van der Waals surface area contributed by atoms with Crippen LogP contribution in [0.1, 0.15) is 17.5 Å². The lowest BCUT2D eigenvalue weighted by Crippen LogP contribution is -2.30. The molecular formula is C20H17ClFN3O2. The summed E-state index contributed by atoms with van der Waals surface area (Å²) >= 11 is 5.97. The summed E-state index contributed by atoms with van der Waals surface area (Å²) in [5.74, 6) is -1.07. The fourth-order valence-corrected chi connectivity index (χ4v) is 3.23. The molecule has 0 aromatic heterocycles. The van der Waals surface area contributed by atoms with Gasteiger partial charge in [0.1, 0.15) is 11.9 Å². The van der Waals surface area contributed by atoms with Crippen molar-refractivity contribution >= 4 is 29.1 Å².